The molecular formula is C21H19F5N4O2. The number of anilines is 1. The number of nitrogens with zero attached hydrogens (tertiary/aromatic N) is 3. The van der Waals surface area contributed by atoms with Gasteiger partial charge >= 0.3 is 0 Å². The molecule has 11 heteroatoms. The van der Waals surface area contributed by atoms with Gasteiger partial charge in [0, 0.05) is 24.8 Å². The number of hydrogen-bond acceptors (Lipinski definition) is 5. The van der Waals surface area contributed by atoms with Gasteiger partial charge in [0.1, 0.15) is 23.0 Å². The van der Waals surface area contributed by atoms with Crippen LogP contribution >= 0.6 is 0 Å². The maximum Gasteiger partial charge on any atom is 0.273 e. The molecule has 1 atom stereocenters. The summed E-state index contributed by atoms with van der Waals surface area (Å²) in [4.78, 5) is 20.7. The van der Waals surface area contributed by atoms with Crippen LogP contribution in [0.25, 0.3) is 10.9 Å². The van der Waals surface area contributed by atoms with Gasteiger partial charge in [0.15, 0.2) is 6.23 Å². The number of pyridine rings is 1. The van der Waals surface area contributed by atoms with E-state index in [0.29, 0.717) is 6.92 Å². The summed E-state index contributed by atoms with van der Waals surface area (Å²) in [6.45, 7) is 2.04. The zero-order chi connectivity index (χ0) is 23.4. The van der Waals surface area contributed by atoms with Crippen molar-refractivity contribution in [3.8, 4) is 0 Å². The van der Waals surface area contributed by atoms with Crippen LogP contribution in [0.15, 0.2) is 35.3 Å². The molecule has 32 heavy (non-hydrogen) atoms. The molecule has 1 aliphatic carbocycles. The van der Waals surface area contributed by atoms with E-state index in [9.17, 15) is 31.9 Å². The van der Waals surface area contributed by atoms with E-state index in [1.54, 1.807) is 0 Å². The van der Waals surface area contributed by atoms with Gasteiger partial charge in [-0.1, -0.05) is 18.2 Å². The summed E-state index contributed by atoms with van der Waals surface area (Å²) < 4.78 is 70.0. The zero-order valence-electron chi connectivity index (χ0n) is 17.0. The first-order valence-electron chi connectivity index (χ1n) is 9.75. The van der Waals surface area contributed by atoms with Crippen LogP contribution in [0.1, 0.15) is 42.9 Å². The highest BCUT2D eigenvalue weighted by molar-refractivity contribution is 5.88. The molecule has 0 spiro atoms. The number of fused-ring (bicyclic) bond motifs is 1. The Balaban J connectivity index is 1.79. The molecule has 1 saturated carbocycles. The summed E-state index contributed by atoms with van der Waals surface area (Å²) in [6.07, 6.45) is -3.13. The van der Waals surface area contributed by atoms with Crippen molar-refractivity contribution in [2.24, 2.45) is 0 Å². The minimum absolute atomic E-state index is 0.0631. The lowest BCUT2D eigenvalue weighted by atomic mass is 10.0. The van der Waals surface area contributed by atoms with E-state index in [-0.39, 0.29) is 35.4 Å². The fraction of sp³-hybridized carbons (Fsp3) is 0.381. The quantitative estimate of drug-likeness (QED) is 0.431. The van der Waals surface area contributed by atoms with Crippen molar-refractivity contribution in [2.75, 3.05) is 5.32 Å². The molecule has 3 aromatic rings. The molecule has 1 unspecified atom stereocenters. The number of rotatable bonds is 6. The smallest absolute Gasteiger partial charge is 0.273 e. The molecule has 2 N–H and O–H groups in total. The molecule has 0 radical (unpaired) electrons. The Morgan fingerprint density at radius 2 is 1.94 bits per heavy atom. The second kappa shape index (κ2) is 7.51. The average Bonchev–Trinajstić information content (AvgIpc) is 3.48. The highest BCUT2D eigenvalue weighted by Gasteiger charge is 2.53. The molecule has 2 aromatic heterocycles. The summed E-state index contributed by atoms with van der Waals surface area (Å²) >= 11 is 0. The minimum Gasteiger partial charge on any atom is -0.369 e. The summed E-state index contributed by atoms with van der Waals surface area (Å²) in [6, 6.07) is 4.30. The second-order valence-corrected chi connectivity index (χ2v) is 7.95. The van der Waals surface area contributed by atoms with Crippen molar-refractivity contribution < 1.29 is 27.1 Å². The number of aliphatic hydroxyl groups is 1. The molecule has 2 heterocycles. The molecule has 0 bridgehead atoms. The fourth-order valence-corrected chi connectivity index (χ4v) is 3.68. The lowest BCUT2D eigenvalue weighted by molar-refractivity contribution is 0.0133. The Bertz CT molecular complexity index is 1250. The first-order valence-corrected chi connectivity index (χ1v) is 9.75. The number of halogens is 5. The van der Waals surface area contributed by atoms with Gasteiger partial charge in [-0.25, -0.2) is 31.9 Å². The summed E-state index contributed by atoms with van der Waals surface area (Å²) in [7, 11) is 0. The summed E-state index contributed by atoms with van der Waals surface area (Å²) in [5, 5.41) is 13.2. The third-order valence-corrected chi connectivity index (χ3v) is 5.56. The Morgan fingerprint density at radius 3 is 2.53 bits per heavy atom. The van der Waals surface area contributed by atoms with Crippen LogP contribution in [-0.2, 0) is 11.5 Å². The number of benzene rings is 1. The van der Waals surface area contributed by atoms with E-state index in [1.807, 2.05) is 0 Å². The Morgan fingerprint density at radius 1 is 1.25 bits per heavy atom. The van der Waals surface area contributed by atoms with E-state index in [1.165, 1.54) is 19.2 Å². The van der Waals surface area contributed by atoms with E-state index in [2.05, 4.69) is 15.3 Å². The van der Waals surface area contributed by atoms with Crippen molar-refractivity contribution in [3.05, 3.63) is 63.6 Å². The average molecular weight is 454 g/mol. The molecule has 1 aliphatic rings. The van der Waals surface area contributed by atoms with E-state index in [0.717, 1.165) is 22.8 Å². The number of alkyl halides is 4. The van der Waals surface area contributed by atoms with E-state index >= 15 is 0 Å². The van der Waals surface area contributed by atoms with Crippen LogP contribution in [0.5, 0.6) is 0 Å². The number of hydrogen-bond donors (Lipinski definition) is 2. The third kappa shape index (κ3) is 3.70. The molecule has 170 valence electrons. The molecular weight excluding hydrogens is 435 g/mol. The van der Waals surface area contributed by atoms with Gasteiger partial charge in [0.05, 0.1) is 16.5 Å². The normalized spacial score (nSPS) is 16.4. The van der Waals surface area contributed by atoms with Crippen molar-refractivity contribution in [1.29, 1.82) is 0 Å². The first-order chi connectivity index (χ1) is 14.9. The van der Waals surface area contributed by atoms with E-state index in [4.69, 9.17) is 0 Å². The SMILES string of the molecule is Cc1nc(NC(O)c2cccc(C(C)(F)F)c2F)c2cn(C3(C(F)F)CC3)c(=O)cc2n1. The molecule has 4 rings (SSSR count). The van der Waals surface area contributed by atoms with Gasteiger partial charge in [-0.05, 0) is 19.8 Å². The fourth-order valence-electron chi connectivity index (χ4n) is 3.68. The van der Waals surface area contributed by atoms with Crippen LogP contribution in [-0.4, -0.2) is 26.1 Å². The number of aromatic nitrogens is 3. The molecule has 1 aromatic carbocycles. The maximum atomic E-state index is 14.6. The second-order valence-electron chi connectivity index (χ2n) is 7.95. The highest BCUT2D eigenvalue weighted by Crippen LogP contribution is 2.48. The predicted octanol–water partition coefficient (Wildman–Crippen LogP) is 4.21. The largest absolute Gasteiger partial charge is 0.369 e. The molecule has 0 saturated heterocycles. The Kier molecular flexibility index (Phi) is 5.19. The van der Waals surface area contributed by atoms with Gasteiger partial charge < -0.3 is 15.0 Å². The van der Waals surface area contributed by atoms with Crippen LogP contribution < -0.4 is 10.9 Å². The standard InChI is InChI=1S/C21H19F5N4O2/c1-10-27-14-8-15(31)30(21(6-7-21)19(23)24)9-12(14)17(28-10)29-18(32)11-4-3-5-13(16(11)22)20(2,25)26/h3-5,8-9,18-19,32H,6-7H2,1-2H3,(H,27,28,29). The highest BCUT2D eigenvalue weighted by atomic mass is 19.3. The molecule has 1 fully saturated rings. The van der Waals surface area contributed by atoms with Crippen molar-refractivity contribution in [3.63, 3.8) is 0 Å². The summed E-state index contributed by atoms with van der Waals surface area (Å²) in [5.41, 5.74) is -3.48. The van der Waals surface area contributed by atoms with Gasteiger partial charge in [0.2, 0.25) is 0 Å². The Labute approximate surface area is 178 Å². The maximum absolute atomic E-state index is 14.6. The first kappa shape index (κ1) is 22.1. The Hall–Kier alpha value is -3.08. The topological polar surface area (TPSA) is 80.0 Å². The van der Waals surface area contributed by atoms with Gasteiger partial charge in [-0.2, -0.15) is 0 Å². The van der Waals surface area contributed by atoms with Crippen molar-refractivity contribution in [2.45, 2.75) is 50.8 Å². The predicted molar refractivity (Wildman–Crippen MR) is 106 cm³/mol. The van der Waals surface area contributed by atoms with Gasteiger partial charge in [0.25, 0.3) is 17.9 Å². The van der Waals surface area contributed by atoms with Crippen molar-refractivity contribution in [1.82, 2.24) is 14.5 Å². The zero-order valence-corrected chi connectivity index (χ0v) is 17.0. The number of nitrogens with one attached hydrogen (secondary N) is 1. The lowest BCUT2D eigenvalue weighted by Crippen LogP contribution is -2.35. The van der Waals surface area contributed by atoms with Crippen LogP contribution in [0.3, 0.4) is 0 Å². The van der Waals surface area contributed by atoms with Gasteiger partial charge in [-0.15, -0.1) is 0 Å². The minimum atomic E-state index is -3.47. The number of aliphatic hydroxyl groups excluding tert-OH is 1. The van der Waals surface area contributed by atoms with Crippen LogP contribution in [0.4, 0.5) is 27.8 Å². The summed E-state index contributed by atoms with van der Waals surface area (Å²) in [5.74, 6) is -4.63. The molecule has 0 aliphatic heterocycles. The monoisotopic (exact) mass is 454 g/mol. The van der Waals surface area contributed by atoms with Gasteiger partial charge in [-0.3, -0.25) is 4.79 Å². The van der Waals surface area contributed by atoms with Crippen molar-refractivity contribution >= 4 is 16.7 Å². The van der Waals surface area contributed by atoms with Crippen LogP contribution in [0, 0.1) is 12.7 Å². The number of aryl methyl sites for hydroxylation is 1. The molecule has 6 nitrogen and oxygen atoms in total. The van der Waals surface area contributed by atoms with Crippen LogP contribution in [0.2, 0.25) is 0 Å². The third-order valence-electron chi connectivity index (χ3n) is 5.56. The van der Waals surface area contributed by atoms with E-state index < -0.39 is 46.6 Å². The molecule has 0 amide bonds. The lowest BCUT2D eigenvalue weighted by Gasteiger charge is -2.21.